The fourth-order valence-corrected chi connectivity index (χ4v) is 5.69. The third kappa shape index (κ3) is 5.28. The Bertz CT molecular complexity index is 1370. The number of nitrogens with one attached hydrogen (secondary N) is 3. The van der Waals surface area contributed by atoms with Gasteiger partial charge in [-0.15, -0.1) is 0 Å². The van der Waals surface area contributed by atoms with Gasteiger partial charge in [-0.05, 0) is 53.2 Å². The molecule has 0 atom stereocenters. The molecule has 190 valence electrons. The van der Waals surface area contributed by atoms with E-state index >= 15 is 0 Å². The van der Waals surface area contributed by atoms with Crippen molar-refractivity contribution in [3.8, 4) is 11.5 Å². The first-order chi connectivity index (χ1) is 17.4. The number of fused-ring (bicyclic) bond motifs is 2. The number of aromatic amines is 1. The molecular formula is C22H24BrN7O5S. The van der Waals surface area contributed by atoms with Crippen LogP contribution in [-0.4, -0.2) is 68.0 Å². The summed E-state index contributed by atoms with van der Waals surface area (Å²) in [6, 6.07) is 3.76. The van der Waals surface area contributed by atoms with Gasteiger partial charge in [-0.2, -0.15) is 0 Å². The molecule has 5 rings (SSSR count). The predicted octanol–water partition coefficient (Wildman–Crippen LogP) is 2.78. The minimum Gasteiger partial charge on any atom is -0.465 e. The summed E-state index contributed by atoms with van der Waals surface area (Å²) < 4.78 is 13.7. The van der Waals surface area contributed by atoms with Crippen LogP contribution in [0.3, 0.4) is 0 Å². The third-order valence-corrected chi connectivity index (χ3v) is 8.13. The first kappa shape index (κ1) is 24.4. The highest BCUT2D eigenvalue weighted by Gasteiger charge is 2.23. The van der Waals surface area contributed by atoms with Gasteiger partial charge in [0.15, 0.2) is 27.8 Å². The van der Waals surface area contributed by atoms with E-state index in [0.29, 0.717) is 53.4 Å². The highest BCUT2D eigenvalue weighted by molar-refractivity contribution is 9.10. The number of imidazole rings is 1. The highest BCUT2D eigenvalue weighted by atomic mass is 79.9. The fourth-order valence-electron chi connectivity index (χ4n) is 4.31. The van der Waals surface area contributed by atoms with Gasteiger partial charge in [-0.3, -0.25) is 10.2 Å². The number of carbonyl (C=O) groups is 2. The Morgan fingerprint density at radius 3 is 2.78 bits per heavy atom. The second-order valence-corrected chi connectivity index (χ2v) is 10.4. The van der Waals surface area contributed by atoms with Gasteiger partial charge in [0.05, 0.1) is 6.33 Å². The molecule has 14 heteroatoms. The SMILES string of the molecule is N=c1ncn(CCC2CCN(C(=O)CNC(=O)O)CC2)c2nc(Sc3cc4c(cc3Br)OCO4)[nH]c12. The van der Waals surface area contributed by atoms with Gasteiger partial charge in [-0.1, -0.05) is 11.8 Å². The van der Waals surface area contributed by atoms with Crippen molar-refractivity contribution in [1.82, 2.24) is 29.7 Å². The number of carboxylic acid groups (broad SMARTS) is 1. The number of ether oxygens (including phenoxy) is 2. The maximum absolute atomic E-state index is 12.1. The number of hydrogen-bond donors (Lipinski definition) is 4. The number of nitrogens with zero attached hydrogens (tertiary/aromatic N) is 4. The molecule has 1 aromatic carbocycles. The molecule has 2 amide bonds. The fraction of sp³-hybridized carbons (Fsp3) is 0.409. The number of halogens is 1. The number of rotatable bonds is 7. The topological polar surface area (TPSA) is 158 Å². The Morgan fingerprint density at radius 1 is 1.28 bits per heavy atom. The zero-order valence-corrected chi connectivity index (χ0v) is 21.5. The van der Waals surface area contributed by atoms with Crippen LogP contribution in [0.2, 0.25) is 0 Å². The maximum Gasteiger partial charge on any atom is 0.405 e. The molecule has 2 aliphatic heterocycles. The second kappa shape index (κ2) is 10.4. The molecule has 1 saturated heterocycles. The molecule has 0 saturated carbocycles. The summed E-state index contributed by atoms with van der Waals surface area (Å²) >= 11 is 5.00. The highest BCUT2D eigenvalue weighted by Crippen LogP contribution is 2.42. The Hall–Kier alpha value is -3.26. The van der Waals surface area contributed by atoms with Crippen LogP contribution in [0.1, 0.15) is 19.3 Å². The van der Waals surface area contributed by atoms with Gasteiger partial charge < -0.3 is 34.3 Å². The number of aromatic nitrogens is 4. The molecule has 0 radical (unpaired) electrons. The first-order valence-electron chi connectivity index (χ1n) is 11.4. The average molecular weight is 578 g/mol. The molecule has 36 heavy (non-hydrogen) atoms. The van der Waals surface area contributed by atoms with Gasteiger partial charge >= 0.3 is 6.09 Å². The molecule has 2 aliphatic rings. The quantitative estimate of drug-likeness (QED) is 0.333. The first-order valence-corrected chi connectivity index (χ1v) is 13.0. The normalized spacial score (nSPS) is 15.4. The van der Waals surface area contributed by atoms with E-state index in [1.54, 1.807) is 11.2 Å². The third-order valence-electron chi connectivity index (χ3n) is 6.27. The van der Waals surface area contributed by atoms with Crippen LogP contribution in [0.4, 0.5) is 4.79 Å². The minimum absolute atomic E-state index is 0.132. The lowest BCUT2D eigenvalue weighted by Gasteiger charge is -2.32. The van der Waals surface area contributed by atoms with E-state index in [9.17, 15) is 9.59 Å². The average Bonchev–Trinajstić information content (AvgIpc) is 3.50. The van der Waals surface area contributed by atoms with E-state index in [-0.39, 0.29) is 24.7 Å². The molecule has 12 nitrogen and oxygen atoms in total. The molecule has 4 heterocycles. The lowest BCUT2D eigenvalue weighted by atomic mass is 9.93. The Morgan fingerprint density at radius 2 is 2.03 bits per heavy atom. The van der Waals surface area contributed by atoms with Gasteiger partial charge in [0.2, 0.25) is 12.7 Å². The zero-order valence-electron chi connectivity index (χ0n) is 19.1. The largest absolute Gasteiger partial charge is 0.465 e. The molecule has 0 aliphatic carbocycles. The summed E-state index contributed by atoms with van der Waals surface area (Å²) in [5.41, 5.74) is 1.37. The number of aryl methyl sites for hydroxylation is 1. The number of benzene rings is 1. The van der Waals surface area contributed by atoms with Crippen molar-refractivity contribution in [2.45, 2.75) is 35.9 Å². The molecular weight excluding hydrogens is 554 g/mol. The van der Waals surface area contributed by atoms with E-state index < -0.39 is 6.09 Å². The van der Waals surface area contributed by atoms with Crippen LogP contribution in [-0.2, 0) is 11.3 Å². The van der Waals surface area contributed by atoms with E-state index in [1.807, 2.05) is 16.7 Å². The van der Waals surface area contributed by atoms with Crippen molar-refractivity contribution in [2.75, 3.05) is 26.4 Å². The molecule has 1 fully saturated rings. The van der Waals surface area contributed by atoms with Gasteiger partial charge in [-0.25, -0.2) is 14.8 Å². The Balaban J connectivity index is 1.23. The lowest BCUT2D eigenvalue weighted by Crippen LogP contribution is -2.43. The molecule has 0 unspecified atom stereocenters. The number of piperidine rings is 1. The summed E-state index contributed by atoms with van der Waals surface area (Å²) in [7, 11) is 0. The number of H-pyrrole nitrogens is 1. The van der Waals surface area contributed by atoms with Crippen LogP contribution in [0.25, 0.3) is 11.2 Å². The van der Waals surface area contributed by atoms with Crippen molar-refractivity contribution in [3.05, 3.63) is 28.4 Å². The predicted molar refractivity (Wildman–Crippen MR) is 132 cm³/mol. The standard InChI is InChI=1S/C22H24BrN7O5S/c23-13-7-14-15(35-11-34-14)8-16(13)36-21-27-18-19(24)26-10-30(20(18)28-21)6-3-12-1-4-29(5-2-12)17(31)9-25-22(32)33/h7-8,10,12,24-25H,1-6,9,11H2,(H,27,28)(H,32,33). The van der Waals surface area contributed by atoms with Crippen LogP contribution >= 0.6 is 27.7 Å². The van der Waals surface area contributed by atoms with Crippen molar-refractivity contribution in [2.24, 2.45) is 5.92 Å². The van der Waals surface area contributed by atoms with Crippen molar-refractivity contribution >= 4 is 50.9 Å². The monoisotopic (exact) mass is 577 g/mol. The summed E-state index contributed by atoms with van der Waals surface area (Å²) in [6.45, 7) is 1.92. The summed E-state index contributed by atoms with van der Waals surface area (Å²) in [5.74, 6) is 1.61. The van der Waals surface area contributed by atoms with Gasteiger partial charge in [0.1, 0.15) is 12.1 Å². The van der Waals surface area contributed by atoms with Crippen LogP contribution in [0, 0.1) is 11.3 Å². The van der Waals surface area contributed by atoms with E-state index in [4.69, 9.17) is 25.0 Å². The molecule has 4 N–H and O–H groups in total. The minimum atomic E-state index is -1.20. The van der Waals surface area contributed by atoms with Crippen molar-refractivity contribution < 1.29 is 24.2 Å². The number of carbonyl (C=O) groups excluding carboxylic acids is 1. The number of likely N-dealkylation sites (tertiary alicyclic amines) is 1. The van der Waals surface area contributed by atoms with Crippen molar-refractivity contribution in [3.63, 3.8) is 0 Å². The van der Waals surface area contributed by atoms with E-state index in [0.717, 1.165) is 28.6 Å². The molecule has 3 aromatic rings. The lowest BCUT2D eigenvalue weighted by molar-refractivity contribution is -0.131. The van der Waals surface area contributed by atoms with Gasteiger partial charge in [0.25, 0.3) is 0 Å². The smallest absolute Gasteiger partial charge is 0.405 e. The Kier molecular flexibility index (Phi) is 7.05. The zero-order chi connectivity index (χ0) is 25.2. The van der Waals surface area contributed by atoms with Crippen molar-refractivity contribution in [1.29, 1.82) is 5.41 Å². The summed E-state index contributed by atoms with van der Waals surface area (Å²) in [6.07, 6.45) is 3.04. The van der Waals surface area contributed by atoms with Crippen LogP contribution in [0.5, 0.6) is 11.5 Å². The molecule has 0 bridgehead atoms. The Labute approximate surface area is 218 Å². The van der Waals surface area contributed by atoms with Crippen LogP contribution in [0.15, 0.2) is 33.0 Å². The summed E-state index contributed by atoms with van der Waals surface area (Å²) in [4.78, 5) is 37.5. The van der Waals surface area contributed by atoms with Crippen LogP contribution < -0.4 is 20.3 Å². The second-order valence-electron chi connectivity index (χ2n) is 8.54. The summed E-state index contributed by atoms with van der Waals surface area (Å²) in [5, 5.41) is 19.7. The molecule has 2 aromatic heterocycles. The number of amides is 2. The van der Waals surface area contributed by atoms with E-state index in [2.05, 4.69) is 31.2 Å². The molecule has 0 spiro atoms. The number of hydrogen-bond acceptors (Lipinski definition) is 8. The van der Waals surface area contributed by atoms with Gasteiger partial charge in [0, 0.05) is 29.0 Å². The maximum atomic E-state index is 12.1. The van der Waals surface area contributed by atoms with E-state index in [1.165, 1.54) is 11.8 Å².